The van der Waals surface area contributed by atoms with E-state index in [0.29, 0.717) is 0 Å². The van der Waals surface area contributed by atoms with Gasteiger partial charge in [-0.15, -0.1) is 0 Å². The zero-order valence-corrected chi connectivity index (χ0v) is 12.1. The summed E-state index contributed by atoms with van der Waals surface area (Å²) in [5, 5.41) is 0. The minimum atomic E-state index is 0.170. The molecule has 3 heteroatoms. The molecule has 0 fully saturated rings. The summed E-state index contributed by atoms with van der Waals surface area (Å²) in [5.41, 5.74) is 7.63. The number of methoxy groups -OCH3 is 2. The van der Waals surface area contributed by atoms with Crippen molar-refractivity contribution in [3.63, 3.8) is 0 Å². The second-order valence-corrected chi connectivity index (χ2v) is 5.92. The van der Waals surface area contributed by atoms with E-state index in [4.69, 9.17) is 15.2 Å². The highest BCUT2D eigenvalue weighted by Gasteiger charge is 2.16. The molecule has 0 heterocycles. The fourth-order valence-corrected chi connectivity index (χ4v) is 2.17. The zero-order valence-electron chi connectivity index (χ0n) is 12.1. The molecular weight excluding hydrogens is 226 g/mol. The van der Waals surface area contributed by atoms with E-state index in [0.717, 1.165) is 24.3 Å². The number of benzene rings is 1. The van der Waals surface area contributed by atoms with E-state index in [2.05, 4.69) is 20.8 Å². The van der Waals surface area contributed by atoms with Gasteiger partial charge in [-0.2, -0.15) is 0 Å². The summed E-state index contributed by atoms with van der Waals surface area (Å²) in [6.07, 6.45) is 1.86. The van der Waals surface area contributed by atoms with Gasteiger partial charge in [-0.1, -0.05) is 26.8 Å². The number of hydrogen-bond donors (Lipinski definition) is 1. The lowest BCUT2D eigenvalue weighted by atomic mass is 9.86. The molecule has 0 aliphatic rings. The van der Waals surface area contributed by atoms with Gasteiger partial charge in [0, 0.05) is 6.04 Å². The fourth-order valence-electron chi connectivity index (χ4n) is 2.17. The van der Waals surface area contributed by atoms with Gasteiger partial charge in [0.05, 0.1) is 14.2 Å². The van der Waals surface area contributed by atoms with Crippen molar-refractivity contribution in [3.05, 3.63) is 23.8 Å². The van der Waals surface area contributed by atoms with Crippen LogP contribution in [0.2, 0.25) is 0 Å². The number of hydrogen-bond acceptors (Lipinski definition) is 3. The monoisotopic (exact) mass is 251 g/mol. The van der Waals surface area contributed by atoms with Gasteiger partial charge in [-0.25, -0.2) is 0 Å². The molecule has 0 bridgehead atoms. The van der Waals surface area contributed by atoms with Crippen LogP contribution in [0.1, 0.15) is 32.8 Å². The van der Waals surface area contributed by atoms with Crippen molar-refractivity contribution >= 4 is 0 Å². The number of nitrogens with two attached hydrogens (primary N) is 1. The van der Waals surface area contributed by atoms with Gasteiger partial charge in [-0.05, 0) is 36.0 Å². The molecule has 1 aromatic carbocycles. The molecule has 18 heavy (non-hydrogen) atoms. The molecule has 0 aliphatic carbocycles. The molecule has 0 radical (unpaired) electrons. The maximum Gasteiger partial charge on any atom is 0.160 e. The quantitative estimate of drug-likeness (QED) is 0.875. The van der Waals surface area contributed by atoms with Crippen molar-refractivity contribution in [2.24, 2.45) is 11.1 Å². The Morgan fingerprint density at radius 2 is 1.72 bits per heavy atom. The smallest absolute Gasteiger partial charge is 0.160 e. The molecule has 1 unspecified atom stereocenters. The van der Waals surface area contributed by atoms with Crippen molar-refractivity contribution < 1.29 is 9.47 Å². The highest BCUT2D eigenvalue weighted by Crippen LogP contribution is 2.29. The molecule has 1 rings (SSSR count). The van der Waals surface area contributed by atoms with Crippen LogP contribution in [-0.4, -0.2) is 20.3 Å². The topological polar surface area (TPSA) is 44.5 Å². The third kappa shape index (κ3) is 4.57. The molecule has 102 valence electrons. The molecule has 1 aromatic rings. The van der Waals surface area contributed by atoms with Crippen LogP contribution in [0.3, 0.4) is 0 Å². The van der Waals surface area contributed by atoms with E-state index in [1.165, 1.54) is 5.56 Å². The summed E-state index contributed by atoms with van der Waals surface area (Å²) in [4.78, 5) is 0. The highest BCUT2D eigenvalue weighted by atomic mass is 16.5. The van der Waals surface area contributed by atoms with Gasteiger partial charge < -0.3 is 15.2 Å². The molecule has 1 atom stereocenters. The second-order valence-electron chi connectivity index (χ2n) is 5.92. The van der Waals surface area contributed by atoms with E-state index in [1.54, 1.807) is 14.2 Å². The molecule has 0 saturated carbocycles. The van der Waals surface area contributed by atoms with Gasteiger partial charge in [0.1, 0.15) is 0 Å². The van der Waals surface area contributed by atoms with Gasteiger partial charge in [0.2, 0.25) is 0 Å². The second kappa shape index (κ2) is 6.10. The minimum absolute atomic E-state index is 0.170. The standard InChI is InChI=1S/C15H25NO2/c1-15(2,3)10-12(16)8-11-6-7-13(17-4)14(9-11)18-5/h6-7,9,12H,8,10,16H2,1-5H3. The normalized spacial score (nSPS) is 13.2. The Kier molecular flexibility index (Phi) is 5.03. The maximum atomic E-state index is 6.18. The van der Waals surface area contributed by atoms with Crippen LogP contribution in [0, 0.1) is 5.41 Å². The van der Waals surface area contributed by atoms with Crippen LogP contribution in [-0.2, 0) is 6.42 Å². The summed E-state index contributed by atoms with van der Waals surface area (Å²) < 4.78 is 10.5. The number of ether oxygens (including phenoxy) is 2. The Balaban J connectivity index is 2.73. The molecule has 0 saturated heterocycles. The maximum absolute atomic E-state index is 6.18. The largest absolute Gasteiger partial charge is 0.493 e. The summed E-state index contributed by atoms with van der Waals surface area (Å²) in [6, 6.07) is 6.14. The molecule has 3 nitrogen and oxygen atoms in total. The first-order chi connectivity index (χ1) is 8.35. The van der Waals surface area contributed by atoms with E-state index in [-0.39, 0.29) is 11.5 Å². The molecule has 2 N–H and O–H groups in total. The molecule has 0 spiro atoms. The predicted octanol–water partition coefficient (Wildman–Crippen LogP) is 3.01. The van der Waals surface area contributed by atoms with Crippen LogP contribution < -0.4 is 15.2 Å². The fraction of sp³-hybridized carbons (Fsp3) is 0.600. The summed E-state index contributed by atoms with van der Waals surface area (Å²) in [7, 11) is 3.29. The average Bonchev–Trinajstić information content (AvgIpc) is 2.26. The first-order valence-corrected chi connectivity index (χ1v) is 6.32. The molecular formula is C15H25NO2. The summed E-state index contributed by atoms with van der Waals surface area (Å²) >= 11 is 0. The van der Waals surface area contributed by atoms with Crippen molar-refractivity contribution in [2.45, 2.75) is 39.7 Å². The summed E-state index contributed by atoms with van der Waals surface area (Å²) in [5.74, 6) is 1.52. The lowest BCUT2D eigenvalue weighted by Crippen LogP contribution is -2.28. The van der Waals surface area contributed by atoms with Crippen LogP contribution in [0.5, 0.6) is 11.5 Å². The Morgan fingerprint density at radius 1 is 1.11 bits per heavy atom. The first kappa shape index (κ1) is 14.8. The number of rotatable bonds is 5. The Labute approximate surface area is 110 Å². The SMILES string of the molecule is COc1ccc(CC(N)CC(C)(C)C)cc1OC. The van der Waals surface area contributed by atoms with Gasteiger partial charge >= 0.3 is 0 Å². The summed E-state index contributed by atoms with van der Waals surface area (Å²) in [6.45, 7) is 6.63. The lowest BCUT2D eigenvalue weighted by Gasteiger charge is -2.23. The van der Waals surface area contributed by atoms with Crippen molar-refractivity contribution in [2.75, 3.05) is 14.2 Å². The zero-order chi connectivity index (χ0) is 13.8. The van der Waals surface area contributed by atoms with Gasteiger partial charge in [0.15, 0.2) is 11.5 Å². The average molecular weight is 251 g/mol. The van der Waals surface area contributed by atoms with Gasteiger partial charge in [-0.3, -0.25) is 0 Å². The van der Waals surface area contributed by atoms with E-state index in [9.17, 15) is 0 Å². The molecule has 0 aromatic heterocycles. The van der Waals surface area contributed by atoms with Crippen LogP contribution in [0.4, 0.5) is 0 Å². The van der Waals surface area contributed by atoms with Crippen molar-refractivity contribution in [1.82, 2.24) is 0 Å². The van der Waals surface area contributed by atoms with Crippen LogP contribution in [0.15, 0.2) is 18.2 Å². The predicted molar refractivity (Wildman–Crippen MR) is 75.3 cm³/mol. The Morgan fingerprint density at radius 3 is 2.22 bits per heavy atom. The van der Waals surface area contributed by atoms with Crippen molar-refractivity contribution in [3.8, 4) is 11.5 Å². The molecule has 0 aliphatic heterocycles. The van der Waals surface area contributed by atoms with Crippen LogP contribution >= 0.6 is 0 Å². The molecule has 0 amide bonds. The van der Waals surface area contributed by atoms with Crippen molar-refractivity contribution in [1.29, 1.82) is 0 Å². The van der Waals surface area contributed by atoms with E-state index >= 15 is 0 Å². The van der Waals surface area contributed by atoms with Gasteiger partial charge in [0.25, 0.3) is 0 Å². The lowest BCUT2D eigenvalue weighted by molar-refractivity contribution is 0.337. The van der Waals surface area contributed by atoms with E-state index < -0.39 is 0 Å². The Hall–Kier alpha value is -1.22. The minimum Gasteiger partial charge on any atom is -0.493 e. The third-order valence-corrected chi connectivity index (χ3v) is 2.82. The van der Waals surface area contributed by atoms with Crippen LogP contribution in [0.25, 0.3) is 0 Å². The Bertz CT molecular complexity index is 383. The highest BCUT2D eigenvalue weighted by molar-refractivity contribution is 5.43. The third-order valence-electron chi connectivity index (χ3n) is 2.82. The first-order valence-electron chi connectivity index (χ1n) is 6.32. The van der Waals surface area contributed by atoms with E-state index in [1.807, 2.05) is 18.2 Å².